The Morgan fingerprint density at radius 1 is 1.21 bits per heavy atom. The number of hydrogen-bond donors (Lipinski definition) is 1. The van der Waals surface area contributed by atoms with Gasteiger partial charge in [0.05, 0.1) is 12.3 Å². The van der Waals surface area contributed by atoms with Crippen LogP contribution in [-0.2, 0) is 6.54 Å². The third kappa shape index (κ3) is 3.96. The van der Waals surface area contributed by atoms with Crippen LogP contribution in [-0.4, -0.2) is 6.61 Å². The number of ether oxygens (including phenoxy) is 1. The van der Waals surface area contributed by atoms with Crippen LogP contribution in [0.25, 0.3) is 0 Å². The summed E-state index contributed by atoms with van der Waals surface area (Å²) in [7, 11) is 0. The Labute approximate surface area is 120 Å². The van der Waals surface area contributed by atoms with Crippen LogP contribution in [0.3, 0.4) is 0 Å². The first kappa shape index (κ1) is 13.9. The molecule has 0 fully saturated rings. The van der Waals surface area contributed by atoms with E-state index >= 15 is 0 Å². The van der Waals surface area contributed by atoms with Crippen LogP contribution < -0.4 is 10.1 Å². The van der Waals surface area contributed by atoms with Crippen molar-refractivity contribution >= 4 is 21.6 Å². The summed E-state index contributed by atoms with van der Waals surface area (Å²) in [5.41, 5.74) is 1.82. The van der Waals surface area contributed by atoms with Gasteiger partial charge in [-0.1, -0.05) is 12.1 Å². The molecule has 100 valence electrons. The topological polar surface area (TPSA) is 21.3 Å². The maximum atomic E-state index is 13.2. The summed E-state index contributed by atoms with van der Waals surface area (Å²) in [4.78, 5) is 0. The summed E-state index contributed by atoms with van der Waals surface area (Å²) in [6, 6.07) is 12.4. The normalized spacial score (nSPS) is 10.3. The maximum absolute atomic E-state index is 13.2. The molecule has 0 unspecified atom stereocenters. The highest BCUT2D eigenvalue weighted by atomic mass is 79.9. The van der Waals surface area contributed by atoms with Crippen molar-refractivity contribution in [3.8, 4) is 5.75 Å². The molecule has 2 rings (SSSR count). The second kappa shape index (κ2) is 6.57. The Balaban J connectivity index is 2.05. The molecule has 0 aliphatic rings. The molecule has 0 atom stereocenters. The van der Waals surface area contributed by atoms with Crippen LogP contribution in [0, 0.1) is 5.82 Å². The molecule has 4 heteroatoms. The molecule has 0 saturated carbocycles. The minimum absolute atomic E-state index is 0.256. The predicted octanol–water partition coefficient (Wildman–Crippen LogP) is 4.60. The maximum Gasteiger partial charge on any atom is 0.125 e. The Morgan fingerprint density at radius 2 is 2.05 bits per heavy atom. The largest absolute Gasteiger partial charge is 0.494 e. The van der Waals surface area contributed by atoms with E-state index in [4.69, 9.17) is 4.74 Å². The van der Waals surface area contributed by atoms with Crippen molar-refractivity contribution in [3.63, 3.8) is 0 Å². The minimum atomic E-state index is -0.256. The third-order valence-corrected chi connectivity index (χ3v) is 3.31. The zero-order valence-electron chi connectivity index (χ0n) is 10.6. The van der Waals surface area contributed by atoms with E-state index in [0.717, 1.165) is 21.5 Å². The summed E-state index contributed by atoms with van der Waals surface area (Å²) in [6.45, 7) is 3.21. The summed E-state index contributed by atoms with van der Waals surface area (Å²) in [5.74, 6) is 0.592. The van der Waals surface area contributed by atoms with Gasteiger partial charge in [-0.15, -0.1) is 0 Å². The molecule has 1 N–H and O–H groups in total. The number of anilines is 1. The van der Waals surface area contributed by atoms with Crippen molar-refractivity contribution in [1.29, 1.82) is 0 Å². The van der Waals surface area contributed by atoms with Crippen molar-refractivity contribution in [3.05, 3.63) is 58.3 Å². The highest BCUT2D eigenvalue weighted by Gasteiger charge is 2.02. The molecule has 0 radical (unpaired) electrons. The van der Waals surface area contributed by atoms with Gasteiger partial charge in [-0.25, -0.2) is 4.39 Å². The molecular formula is C15H15BrFNO. The van der Waals surface area contributed by atoms with Crippen molar-refractivity contribution in [1.82, 2.24) is 0 Å². The van der Waals surface area contributed by atoms with E-state index in [-0.39, 0.29) is 5.82 Å². The molecule has 0 aliphatic heterocycles. The summed E-state index contributed by atoms with van der Waals surface area (Å²) in [6.07, 6.45) is 0. The van der Waals surface area contributed by atoms with Gasteiger partial charge in [0.15, 0.2) is 0 Å². The van der Waals surface area contributed by atoms with Gasteiger partial charge in [0, 0.05) is 11.0 Å². The summed E-state index contributed by atoms with van der Waals surface area (Å²) < 4.78 is 19.4. The van der Waals surface area contributed by atoms with Gasteiger partial charge in [-0.3, -0.25) is 0 Å². The van der Waals surface area contributed by atoms with Gasteiger partial charge in [-0.05, 0) is 58.7 Å². The van der Waals surface area contributed by atoms with E-state index in [1.54, 1.807) is 6.07 Å². The standard InChI is InChI=1S/C15H15BrFNO/c1-2-19-13-5-3-4-11(8-13)10-18-15-9-12(17)6-7-14(15)16/h3-9,18H,2,10H2,1H3. The van der Waals surface area contributed by atoms with Crippen molar-refractivity contribution in [2.45, 2.75) is 13.5 Å². The molecule has 0 aromatic heterocycles. The fourth-order valence-corrected chi connectivity index (χ4v) is 2.13. The van der Waals surface area contributed by atoms with Crippen LogP contribution in [0.1, 0.15) is 12.5 Å². The summed E-state index contributed by atoms with van der Waals surface area (Å²) in [5, 5.41) is 3.20. The van der Waals surface area contributed by atoms with E-state index in [1.807, 2.05) is 31.2 Å². The monoisotopic (exact) mass is 323 g/mol. The lowest BCUT2D eigenvalue weighted by Gasteiger charge is -2.10. The number of hydrogen-bond acceptors (Lipinski definition) is 2. The quantitative estimate of drug-likeness (QED) is 0.868. The van der Waals surface area contributed by atoms with Gasteiger partial charge in [-0.2, -0.15) is 0 Å². The zero-order chi connectivity index (χ0) is 13.7. The van der Waals surface area contributed by atoms with Crippen LogP contribution in [0.2, 0.25) is 0 Å². The van der Waals surface area contributed by atoms with Crippen LogP contribution in [0.4, 0.5) is 10.1 Å². The Kier molecular flexibility index (Phi) is 4.80. The molecule has 0 amide bonds. The molecular weight excluding hydrogens is 309 g/mol. The molecule has 2 nitrogen and oxygen atoms in total. The van der Waals surface area contributed by atoms with E-state index in [1.165, 1.54) is 12.1 Å². The second-order valence-electron chi connectivity index (χ2n) is 4.06. The van der Waals surface area contributed by atoms with Gasteiger partial charge in [0.25, 0.3) is 0 Å². The van der Waals surface area contributed by atoms with Gasteiger partial charge in [0.2, 0.25) is 0 Å². The lowest BCUT2D eigenvalue weighted by Crippen LogP contribution is -2.01. The van der Waals surface area contributed by atoms with Crippen molar-refractivity contribution in [2.75, 3.05) is 11.9 Å². The Hall–Kier alpha value is -1.55. The van der Waals surface area contributed by atoms with Crippen molar-refractivity contribution in [2.24, 2.45) is 0 Å². The first-order valence-electron chi connectivity index (χ1n) is 6.09. The second-order valence-corrected chi connectivity index (χ2v) is 4.91. The highest BCUT2D eigenvalue weighted by Crippen LogP contribution is 2.24. The van der Waals surface area contributed by atoms with Gasteiger partial charge < -0.3 is 10.1 Å². The lowest BCUT2D eigenvalue weighted by atomic mass is 10.2. The third-order valence-electron chi connectivity index (χ3n) is 2.62. The molecule has 0 aliphatic carbocycles. The molecule has 2 aromatic carbocycles. The van der Waals surface area contributed by atoms with Gasteiger partial charge >= 0.3 is 0 Å². The number of benzene rings is 2. The predicted molar refractivity (Wildman–Crippen MR) is 79.0 cm³/mol. The minimum Gasteiger partial charge on any atom is -0.494 e. The fraction of sp³-hybridized carbons (Fsp3) is 0.200. The van der Waals surface area contributed by atoms with Crippen LogP contribution >= 0.6 is 15.9 Å². The Bertz CT molecular complexity index is 560. The molecule has 0 bridgehead atoms. The number of rotatable bonds is 5. The Morgan fingerprint density at radius 3 is 2.84 bits per heavy atom. The lowest BCUT2D eigenvalue weighted by molar-refractivity contribution is 0.340. The zero-order valence-corrected chi connectivity index (χ0v) is 12.2. The molecule has 0 spiro atoms. The molecule has 2 aromatic rings. The fourth-order valence-electron chi connectivity index (χ4n) is 1.74. The van der Waals surface area contributed by atoms with E-state index in [0.29, 0.717) is 13.2 Å². The van der Waals surface area contributed by atoms with E-state index in [2.05, 4.69) is 21.2 Å². The van der Waals surface area contributed by atoms with Crippen LogP contribution in [0.5, 0.6) is 5.75 Å². The average molecular weight is 324 g/mol. The average Bonchev–Trinajstić information content (AvgIpc) is 2.41. The SMILES string of the molecule is CCOc1cccc(CNc2cc(F)ccc2Br)c1. The van der Waals surface area contributed by atoms with Crippen molar-refractivity contribution < 1.29 is 9.13 Å². The first-order valence-corrected chi connectivity index (χ1v) is 6.89. The number of halogens is 2. The first-order chi connectivity index (χ1) is 9.19. The molecule has 0 heterocycles. The summed E-state index contributed by atoms with van der Waals surface area (Å²) >= 11 is 3.39. The van der Waals surface area contributed by atoms with Gasteiger partial charge in [0.1, 0.15) is 11.6 Å². The molecule has 19 heavy (non-hydrogen) atoms. The van der Waals surface area contributed by atoms with E-state index in [9.17, 15) is 4.39 Å². The number of nitrogens with one attached hydrogen (secondary N) is 1. The smallest absolute Gasteiger partial charge is 0.125 e. The molecule has 0 saturated heterocycles. The van der Waals surface area contributed by atoms with Crippen LogP contribution in [0.15, 0.2) is 46.9 Å². The van der Waals surface area contributed by atoms with E-state index < -0.39 is 0 Å². The highest BCUT2D eigenvalue weighted by molar-refractivity contribution is 9.10.